The smallest absolute Gasteiger partial charge is 0.250 e. The van der Waals surface area contributed by atoms with Crippen LogP contribution in [-0.4, -0.2) is 55.9 Å². The Kier molecular flexibility index (Phi) is 5.43. The zero-order chi connectivity index (χ0) is 15.2. The predicted octanol–water partition coefficient (Wildman–Crippen LogP) is 1.18. The number of amides is 1. The maximum Gasteiger partial charge on any atom is 0.250 e. The van der Waals surface area contributed by atoms with E-state index in [9.17, 15) is 4.79 Å². The van der Waals surface area contributed by atoms with Crippen molar-refractivity contribution in [2.24, 2.45) is 0 Å². The third-order valence-corrected chi connectivity index (χ3v) is 4.20. The van der Waals surface area contributed by atoms with E-state index in [0.717, 1.165) is 32.5 Å². The molecule has 0 aliphatic carbocycles. The van der Waals surface area contributed by atoms with Crippen LogP contribution in [0.5, 0.6) is 0 Å². The lowest BCUT2D eigenvalue weighted by Crippen LogP contribution is -2.52. The van der Waals surface area contributed by atoms with Gasteiger partial charge in [0.05, 0.1) is 19.3 Å². The SMILES string of the molecule is O=C(N[C@@H]1CCCOC1)[C@@H]1CN(Cc2ccccc2)CCO1. The third-order valence-electron chi connectivity index (χ3n) is 4.20. The molecule has 22 heavy (non-hydrogen) atoms. The number of morpholine rings is 1. The number of carbonyl (C=O) groups excluding carboxylic acids is 1. The van der Waals surface area contributed by atoms with Gasteiger partial charge in [0.15, 0.2) is 0 Å². The quantitative estimate of drug-likeness (QED) is 0.907. The van der Waals surface area contributed by atoms with Gasteiger partial charge in [-0.3, -0.25) is 9.69 Å². The Morgan fingerprint density at radius 3 is 2.91 bits per heavy atom. The number of hydrogen-bond acceptors (Lipinski definition) is 4. The molecule has 0 spiro atoms. The van der Waals surface area contributed by atoms with Crippen molar-refractivity contribution in [2.75, 3.05) is 32.9 Å². The molecule has 1 aromatic carbocycles. The molecule has 2 fully saturated rings. The first-order valence-corrected chi connectivity index (χ1v) is 8.07. The highest BCUT2D eigenvalue weighted by atomic mass is 16.5. The van der Waals surface area contributed by atoms with Crippen molar-refractivity contribution in [3.8, 4) is 0 Å². The van der Waals surface area contributed by atoms with Gasteiger partial charge in [-0.2, -0.15) is 0 Å². The van der Waals surface area contributed by atoms with Gasteiger partial charge in [-0.15, -0.1) is 0 Å². The Balaban J connectivity index is 1.50. The number of rotatable bonds is 4. The van der Waals surface area contributed by atoms with Crippen molar-refractivity contribution in [3.63, 3.8) is 0 Å². The van der Waals surface area contributed by atoms with Crippen LogP contribution in [0.3, 0.4) is 0 Å². The summed E-state index contributed by atoms with van der Waals surface area (Å²) in [6.07, 6.45) is 1.63. The van der Waals surface area contributed by atoms with E-state index in [4.69, 9.17) is 9.47 Å². The second-order valence-electron chi connectivity index (χ2n) is 6.00. The normalized spacial score (nSPS) is 26.5. The third kappa shape index (κ3) is 4.29. The van der Waals surface area contributed by atoms with Crippen LogP contribution in [0.4, 0.5) is 0 Å². The van der Waals surface area contributed by atoms with Crippen LogP contribution < -0.4 is 5.32 Å². The van der Waals surface area contributed by atoms with Crippen LogP contribution in [0, 0.1) is 0 Å². The molecule has 2 aliphatic rings. The Hall–Kier alpha value is -1.43. The van der Waals surface area contributed by atoms with Gasteiger partial charge in [-0.1, -0.05) is 30.3 Å². The second-order valence-corrected chi connectivity index (χ2v) is 6.00. The lowest BCUT2D eigenvalue weighted by atomic mass is 10.1. The molecule has 2 atom stereocenters. The summed E-state index contributed by atoms with van der Waals surface area (Å²) >= 11 is 0. The highest BCUT2D eigenvalue weighted by Crippen LogP contribution is 2.12. The fourth-order valence-electron chi connectivity index (χ4n) is 3.00. The standard InChI is InChI=1S/C17H24N2O3/c20-17(18-15-7-4-9-21-13-15)16-12-19(8-10-22-16)11-14-5-2-1-3-6-14/h1-3,5-6,15-16H,4,7-13H2,(H,18,20)/t15-,16+/m1/s1. The molecule has 1 aromatic rings. The monoisotopic (exact) mass is 304 g/mol. The molecule has 2 aliphatic heterocycles. The number of carbonyl (C=O) groups is 1. The van der Waals surface area contributed by atoms with Gasteiger partial charge < -0.3 is 14.8 Å². The highest BCUT2D eigenvalue weighted by molar-refractivity contribution is 5.81. The maximum atomic E-state index is 12.3. The molecule has 0 unspecified atom stereocenters. The number of nitrogens with one attached hydrogen (secondary N) is 1. The molecule has 0 radical (unpaired) electrons. The lowest BCUT2D eigenvalue weighted by Gasteiger charge is -2.33. The van der Waals surface area contributed by atoms with Crippen molar-refractivity contribution >= 4 is 5.91 Å². The fraction of sp³-hybridized carbons (Fsp3) is 0.588. The summed E-state index contributed by atoms with van der Waals surface area (Å²) in [5, 5.41) is 3.06. The van der Waals surface area contributed by atoms with Crippen LogP contribution in [0.1, 0.15) is 18.4 Å². The van der Waals surface area contributed by atoms with Gasteiger partial charge in [-0.25, -0.2) is 0 Å². The Morgan fingerprint density at radius 1 is 1.27 bits per heavy atom. The highest BCUT2D eigenvalue weighted by Gasteiger charge is 2.28. The molecule has 5 heteroatoms. The van der Waals surface area contributed by atoms with E-state index in [1.54, 1.807) is 0 Å². The molecule has 1 amide bonds. The largest absolute Gasteiger partial charge is 0.379 e. The summed E-state index contributed by atoms with van der Waals surface area (Å²) in [5.74, 6) is -0.00624. The summed E-state index contributed by atoms with van der Waals surface area (Å²) in [5.41, 5.74) is 1.27. The van der Waals surface area contributed by atoms with Crippen molar-refractivity contribution in [3.05, 3.63) is 35.9 Å². The molecule has 120 valence electrons. The van der Waals surface area contributed by atoms with E-state index >= 15 is 0 Å². The maximum absolute atomic E-state index is 12.3. The number of nitrogens with zero attached hydrogens (tertiary/aromatic N) is 1. The second kappa shape index (κ2) is 7.72. The van der Waals surface area contributed by atoms with Crippen molar-refractivity contribution in [1.29, 1.82) is 0 Å². The van der Waals surface area contributed by atoms with E-state index in [1.807, 2.05) is 18.2 Å². The molecule has 2 heterocycles. The number of ether oxygens (including phenoxy) is 2. The van der Waals surface area contributed by atoms with E-state index in [2.05, 4.69) is 22.3 Å². The van der Waals surface area contributed by atoms with Crippen LogP contribution in [-0.2, 0) is 20.8 Å². The van der Waals surface area contributed by atoms with E-state index in [1.165, 1.54) is 5.56 Å². The minimum absolute atomic E-state index is 0.00624. The average Bonchev–Trinajstić information content (AvgIpc) is 2.57. The first kappa shape index (κ1) is 15.5. The van der Waals surface area contributed by atoms with E-state index < -0.39 is 0 Å². The zero-order valence-corrected chi connectivity index (χ0v) is 12.9. The first-order valence-electron chi connectivity index (χ1n) is 8.07. The number of hydrogen-bond donors (Lipinski definition) is 1. The Bertz CT molecular complexity index is 474. The molecule has 0 saturated carbocycles. The minimum Gasteiger partial charge on any atom is -0.379 e. The zero-order valence-electron chi connectivity index (χ0n) is 12.9. The molecule has 3 rings (SSSR count). The summed E-state index contributed by atoms with van der Waals surface area (Å²) in [4.78, 5) is 14.6. The topological polar surface area (TPSA) is 50.8 Å². The molecule has 0 bridgehead atoms. The Labute approximate surface area is 131 Å². The first-order chi connectivity index (χ1) is 10.8. The van der Waals surface area contributed by atoms with E-state index in [-0.39, 0.29) is 18.1 Å². The average molecular weight is 304 g/mol. The molecular weight excluding hydrogens is 280 g/mol. The van der Waals surface area contributed by atoms with Gasteiger partial charge in [0.25, 0.3) is 5.91 Å². The number of benzene rings is 1. The fourth-order valence-corrected chi connectivity index (χ4v) is 3.00. The molecule has 1 N–H and O–H groups in total. The summed E-state index contributed by atoms with van der Waals surface area (Å²) in [7, 11) is 0. The van der Waals surface area contributed by atoms with Gasteiger partial charge >= 0.3 is 0 Å². The van der Waals surface area contributed by atoms with Crippen molar-refractivity contribution < 1.29 is 14.3 Å². The van der Waals surface area contributed by atoms with Gasteiger partial charge in [0, 0.05) is 26.2 Å². The van der Waals surface area contributed by atoms with Gasteiger partial charge in [0.2, 0.25) is 0 Å². The molecule has 2 saturated heterocycles. The Morgan fingerprint density at radius 2 is 2.14 bits per heavy atom. The molecule has 5 nitrogen and oxygen atoms in total. The van der Waals surface area contributed by atoms with Crippen LogP contribution in [0.25, 0.3) is 0 Å². The summed E-state index contributed by atoms with van der Waals surface area (Å²) in [6.45, 7) is 4.40. The van der Waals surface area contributed by atoms with Crippen molar-refractivity contribution in [1.82, 2.24) is 10.2 Å². The molecular formula is C17H24N2O3. The summed E-state index contributed by atoms with van der Waals surface area (Å²) < 4.78 is 11.1. The van der Waals surface area contributed by atoms with Gasteiger partial charge in [0.1, 0.15) is 6.10 Å². The lowest BCUT2D eigenvalue weighted by molar-refractivity contribution is -0.140. The summed E-state index contributed by atoms with van der Waals surface area (Å²) in [6, 6.07) is 10.5. The van der Waals surface area contributed by atoms with E-state index in [0.29, 0.717) is 19.8 Å². The van der Waals surface area contributed by atoms with Crippen molar-refractivity contribution in [2.45, 2.75) is 31.5 Å². The van der Waals surface area contributed by atoms with Crippen LogP contribution >= 0.6 is 0 Å². The van der Waals surface area contributed by atoms with Crippen LogP contribution in [0.2, 0.25) is 0 Å². The predicted molar refractivity (Wildman–Crippen MR) is 83.4 cm³/mol. The van der Waals surface area contributed by atoms with Crippen LogP contribution in [0.15, 0.2) is 30.3 Å². The minimum atomic E-state index is -0.376. The molecule has 0 aromatic heterocycles. The van der Waals surface area contributed by atoms with Gasteiger partial charge in [-0.05, 0) is 18.4 Å².